The number of hydrogen-bond donors (Lipinski definition) is 1. The summed E-state index contributed by atoms with van der Waals surface area (Å²) in [5.41, 5.74) is 0.920. The second-order valence-corrected chi connectivity index (χ2v) is 2.72. The van der Waals surface area contributed by atoms with Gasteiger partial charge in [-0.1, -0.05) is 0 Å². The van der Waals surface area contributed by atoms with Gasteiger partial charge in [-0.25, -0.2) is 4.98 Å². The third-order valence-corrected chi connectivity index (χ3v) is 1.67. The number of aryl methyl sites for hydroxylation is 1. The van der Waals surface area contributed by atoms with Crippen LogP contribution < -0.4 is 5.32 Å². The van der Waals surface area contributed by atoms with E-state index in [4.69, 9.17) is 6.42 Å². The van der Waals surface area contributed by atoms with E-state index in [1.807, 2.05) is 6.92 Å². The second-order valence-electron chi connectivity index (χ2n) is 2.72. The average Bonchev–Trinajstić information content (AvgIpc) is 2.15. The summed E-state index contributed by atoms with van der Waals surface area (Å²) in [6.45, 7) is 2.78. The first-order chi connectivity index (χ1) is 6.34. The van der Waals surface area contributed by atoms with E-state index in [0.717, 1.165) is 30.9 Å². The highest BCUT2D eigenvalue weighted by Crippen LogP contribution is 2.05. The van der Waals surface area contributed by atoms with Crippen LogP contribution in [0, 0.1) is 19.3 Å². The minimum atomic E-state index is 0.798. The number of rotatable bonds is 4. The van der Waals surface area contributed by atoms with Gasteiger partial charge >= 0.3 is 0 Å². The van der Waals surface area contributed by atoms with E-state index in [0.29, 0.717) is 0 Å². The molecule has 0 bridgehead atoms. The lowest BCUT2D eigenvalue weighted by Gasteiger charge is -2.05. The van der Waals surface area contributed by atoms with Gasteiger partial charge in [0.05, 0.1) is 5.69 Å². The second kappa shape index (κ2) is 5.15. The van der Waals surface area contributed by atoms with Gasteiger partial charge in [-0.15, -0.1) is 12.3 Å². The molecule has 13 heavy (non-hydrogen) atoms. The molecule has 1 rings (SSSR count). The maximum atomic E-state index is 5.13. The molecule has 0 atom stereocenters. The fraction of sp³-hybridized carbons (Fsp3) is 0.400. The first kappa shape index (κ1) is 9.53. The van der Waals surface area contributed by atoms with Crippen molar-refractivity contribution in [1.29, 1.82) is 0 Å². The van der Waals surface area contributed by atoms with Crippen LogP contribution in [0.25, 0.3) is 0 Å². The zero-order chi connectivity index (χ0) is 9.52. The van der Waals surface area contributed by atoms with Crippen LogP contribution in [0.4, 0.5) is 5.82 Å². The van der Waals surface area contributed by atoms with Gasteiger partial charge in [0.1, 0.15) is 5.82 Å². The van der Waals surface area contributed by atoms with Crippen molar-refractivity contribution in [3.05, 3.63) is 18.1 Å². The first-order valence-corrected chi connectivity index (χ1v) is 4.29. The maximum absolute atomic E-state index is 5.13. The molecule has 0 aliphatic rings. The van der Waals surface area contributed by atoms with E-state index in [1.165, 1.54) is 0 Å². The van der Waals surface area contributed by atoms with Crippen molar-refractivity contribution in [3.8, 4) is 12.3 Å². The molecule has 0 aromatic carbocycles. The summed E-state index contributed by atoms with van der Waals surface area (Å²) >= 11 is 0. The summed E-state index contributed by atoms with van der Waals surface area (Å²) in [5, 5.41) is 3.18. The zero-order valence-corrected chi connectivity index (χ0v) is 7.75. The number of nitrogens with one attached hydrogen (secondary N) is 1. The lowest BCUT2D eigenvalue weighted by molar-refractivity contribution is 0.895. The number of terminal acetylenes is 1. The molecule has 0 spiro atoms. The molecular formula is C10H13N3. The summed E-state index contributed by atoms with van der Waals surface area (Å²) in [5.74, 6) is 3.44. The maximum Gasteiger partial charge on any atom is 0.147 e. The van der Waals surface area contributed by atoms with Crippen LogP contribution in [0.1, 0.15) is 18.5 Å². The molecule has 0 aliphatic carbocycles. The quantitative estimate of drug-likeness (QED) is 0.558. The summed E-state index contributed by atoms with van der Waals surface area (Å²) in [4.78, 5) is 8.26. The van der Waals surface area contributed by atoms with Gasteiger partial charge in [0.25, 0.3) is 0 Å². The Labute approximate surface area is 78.6 Å². The fourth-order valence-corrected chi connectivity index (χ4v) is 0.978. The van der Waals surface area contributed by atoms with Gasteiger partial charge in [-0.05, 0) is 13.3 Å². The molecule has 0 fully saturated rings. The van der Waals surface area contributed by atoms with Crippen molar-refractivity contribution in [1.82, 2.24) is 9.97 Å². The Hall–Kier alpha value is -1.56. The van der Waals surface area contributed by atoms with Crippen molar-refractivity contribution in [3.63, 3.8) is 0 Å². The number of aromatic nitrogens is 2. The highest BCUT2D eigenvalue weighted by molar-refractivity contribution is 5.37. The number of hydrogen-bond acceptors (Lipinski definition) is 3. The van der Waals surface area contributed by atoms with E-state index >= 15 is 0 Å². The Morgan fingerprint density at radius 1 is 1.46 bits per heavy atom. The van der Waals surface area contributed by atoms with Crippen LogP contribution >= 0.6 is 0 Å². The van der Waals surface area contributed by atoms with Gasteiger partial charge in [0.15, 0.2) is 0 Å². The highest BCUT2D eigenvalue weighted by atomic mass is 15.0. The fourth-order valence-electron chi connectivity index (χ4n) is 0.978. The standard InChI is InChI=1S/C10H13N3/c1-3-4-5-6-12-10-9(2)11-7-8-13-10/h1,7-8H,4-6H2,2H3,(H,12,13). The number of anilines is 1. The first-order valence-electron chi connectivity index (χ1n) is 4.29. The van der Waals surface area contributed by atoms with Gasteiger partial charge in [-0.3, -0.25) is 4.98 Å². The Bertz CT molecular complexity index is 301. The molecule has 0 saturated heterocycles. The van der Waals surface area contributed by atoms with Crippen molar-refractivity contribution in [2.45, 2.75) is 19.8 Å². The molecule has 1 heterocycles. The van der Waals surface area contributed by atoms with E-state index in [-0.39, 0.29) is 0 Å². The monoisotopic (exact) mass is 175 g/mol. The van der Waals surface area contributed by atoms with E-state index in [9.17, 15) is 0 Å². The third-order valence-electron chi connectivity index (χ3n) is 1.67. The molecule has 1 aromatic heterocycles. The van der Waals surface area contributed by atoms with Crippen molar-refractivity contribution < 1.29 is 0 Å². The van der Waals surface area contributed by atoms with Gasteiger partial charge in [0.2, 0.25) is 0 Å². The van der Waals surface area contributed by atoms with Gasteiger partial charge in [0, 0.05) is 25.4 Å². The Morgan fingerprint density at radius 3 is 2.92 bits per heavy atom. The predicted octanol–water partition coefficient (Wildman–Crippen LogP) is 1.61. The molecule has 3 heteroatoms. The van der Waals surface area contributed by atoms with Crippen LogP contribution in [0.15, 0.2) is 12.4 Å². The van der Waals surface area contributed by atoms with E-state index < -0.39 is 0 Å². The van der Waals surface area contributed by atoms with Crippen molar-refractivity contribution in [2.24, 2.45) is 0 Å². The van der Waals surface area contributed by atoms with Crippen molar-refractivity contribution >= 4 is 5.82 Å². The number of unbranched alkanes of at least 4 members (excludes halogenated alkanes) is 1. The Balaban J connectivity index is 2.37. The normalized spacial score (nSPS) is 9.23. The SMILES string of the molecule is C#CCCCNc1nccnc1C. The van der Waals surface area contributed by atoms with E-state index in [2.05, 4.69) is 21.2 Å². The van der Waals surface area contributed by atoms with Crippen molar-refractivity contribution in [2.75, 3.05) is 11.9 Å². The molecule has 1 aromatic rings. The molecular weight excluding hydrogens is 162 g/mol. The van der Waals surface area contributed by atoms with E-state index in [1.54, 1.807) is 12.4 Å². The van der Waals surface area contributed by atoms with Crippen LogP contribution in [0.2, 0.25) is 0 Å². The Kier molecular flexibility index (Phi) is 3.77. The minimum absolute atomic E-state index is 0.798. The zero-order valence-electron chi connectivity index (χ0n) is 7.75. The van der Waals surface area contributed by atoms with Crippen LogP contribution in [-0.4, -0.2) is 16.5 Å². The lowest BCUT2D eigenvalue weighted by Crippen LogP contribution is -2.05. The lowest BCUT2D eigenvalue weighted by atomic mass is 10.3. The summed E-state index contributed by atoms with van der Waals surface area (Å²) < 4.78 is 0. The molecule has 1 N–H and O–H groups in total. The van der Waals surface area contributed by atoms with Gasteiger partial charge in [-0.2, -0.15) is 0 Å². The van der Waals surface area contributed by atoms with Crippen LogP contribution in [0.3, 0.4) is 0 Å². The summed E-state index contributed by atoms with van der Waals surface area (Å²) in [6, 6.07) is 0. The molecule has 0 amide bonds. The predicted molar refractivity (Wildman–Crippen MR) is 53.3 cm³/mol. The van der Waals surface area contributed by atoms with Crippen LogP contribution in [0.5, 0.6) is 0 Å². The third kappa shape index (κ3) is 3.12. The molecule has 0 radical (unpaired) electrons. The summed E-state index contributed by atoms with van der Waals surface area (Å²) in [7, 11) is 0. The largest absolute Gasteiger partial charge is 0.369 e. The molecule has 0 aliphatic heterocycles. The minimum Gasteiger partial charge on any atom is -0.369 e. The average molecular weight is 175 g/mol. The van der Waals surface area contributed by atoms with Gasteiger partial charge < -0.3 is 5.32 Å². The molecule has 0 unspecified atom stereocenters. The topological polar surface area (TPSA) is 37.8 Å². The van der Waals surface area contributed by atoms with Crippen LogP contribution in [-0.2, 0) is 0 Å². The molecule has 68 valence electrons. The smallest absolute Gasteiger partial charge is 0.147 e. The molecule has 0 saturated carbocycles. The number of nitrogens with zero attached hydrogens (tertiary/aromatic N) is 2. The molecule has 3 nitrogen and oxygen atoms in total. The summed E-state index contributed by atoms with van der Waals surface area (Å²) in [6.07, 6.45) is 10.3. The Morgan fingerprint density at radius 2 is 2.23 bits per heavy atom. The highest BCUT2D eigenvalue weighted by Gasteiger charge is 1.96.